The molecule has 8 heteroatoms. The van der Waals surface area contributed by atoms with E-state index in [1.54, 1.807) is 10.9 Å². The number of nitrogens with zero attached hydrogens (tertiary/aromatic N) is 4. The summed E-state index contributed by atoms with van der Waals surface area (Å²) in [4.78, 5) is 15.1. The molecule has 3 aromatic rings. The smallest absolute Gasteiger partial charge is 0.228 e. The van der Waals surface area contributed by atoms with Gasteiger partial charge < -0.3 is 5.32 Å². The first kappa shape index (κ1) is 19.7. The van der Waals surface area contributed by atoms with Crippen molar-refractivity contribution in [2.45, 2.75) is 26.3 Å². The minimum Gasteiger partial charge on any atom is -0.326 e. The van der Waals surface area contributed by atoms with Crippen LogP contribution in [0.5, 0.6) is 0 Å². The highest BCUT2D eigenvalue weighted by atomic mass is 35.5. The van der Waals surface area contributed by atoms with Crippen molar-refractivity contribution < 1.29 is 4.79 Å². The molecule has 0 aliphatic carbocycles. The van der Waals surface area contributed by atoms with Gasteiger partial charge in [0, 0.05) is 37.6 Å². The van der Waals surface area contributed by atoms with Gasteiger partial charge in [0.15, 0.2) is 0 Å². The molecule has 29 heavy (non-hydrogen) atoms. The molecule has 1 aliphatic heterocycles. The Balaban J connectivity index is 1.37. The Kier molecular flexibility index (Phi) is 5.69. The Morgan fingerprint density at radius 2 is 2.10 bits per heavy atom. The summed E-state index contributed by atoms with van der Waals surface area (Å²) >= 11 is 6.38. The second kappa shape index (κ2) is 8.39. The van der Waals surface area contributed by atoms with Crippen molar-refractivity contribution in [2.24, 2.45) is 13.0 Å². The molecule has 0 saturated carbocycles. The average Bonchev–Trinajstić information content (AvgIpc) is 3.34. The fourth-order valence-corrected chi connectivity index (χ4v) is 4.12. The van der Waals surface area contributed by atoms with Crippen molar-refractivity contribution in [3.8, 4) is 11.3 Å². The number of aromatic amines is 1. The van der Waals surface area contributed by atoms with Crippen molar-refractivity contribution in [1.82, 2.24) is 24.9 Å². The van der Waals surface area contributed by atoms with Crippen LogP contribution in [0.15, 0.2) is 36.5 Å². The van der Waals surface area contributed by atoms with E-state index < -0.39 is 0 Å². The summed E-state index contributed by atoms with van der Waals surface area (Å²) in [6.07, 6.45) is 3.61. The Morgan fingerprint density at radius 3 is 2.76 bits per heavy atom. The number of benzene rings is 1. The number of piperidine rings is 1. The molecule has 1 aliphatic rings. The summed E-state index contributed by atoms with van der Waals surface area (Å²) in [6, 6.07) is 9.72. The average molecular weight is 413 g/mol. The SMILES string of the molecule is Cc1nn(C)c(Cl)c1CN1CCCC(C(=O)Nc2ccc(-c3ccn[nH]3)cc2)C1. The summed E-state index contributed by atoms with van der Waals surface area (Å²) in [5, 5.41) is 15.0. The molecule has 1 fully saturated rings. The quantitative estimate of drug-likeness (QED) is 0.670. The third-order valence-electron chi connectivity index (χ3n) is 5.49. The number of aryl methyl sites for hydroxylation is 2. The van der Waals surface area contributed by atoms with Crippen LogP contribution < -0.4 is 5.32 Å². The van der Waals surface area contributed by atoms with Gasteiger partial charge in [-0.1, -0.05) is 23.7 Å². The van der Waals surface area contributed by atoms with Crippen LogP contribution in [-0.2, 0) is 18.4 Å². The highest BCUT2D eigenvalue weighted by molar-refractivity contribution is 6.30. The number of nitrogens with one attached hydrogen (secondary N) is 2. The largest absolute Gasteiger partial charge is 0.326 e. The number of likely N-dealkylation sites (tertiary alicyclic amines) is 1. The zero-order valence-electron chi connectivity index (χ0n) is 16.7. The highest BCUT2D eigenvalue weighted by Gasteiger charge is 2.27. The lowest BCUT2D eigenvalue weighted by atomic mass is 9.96. The second-order valence-corrected chi connectivity index (χ2v) is 7.95. The number of carbonyl (C=O) groups excluding carboxylic acids is 1. The van der Waals surface area contributed by atoms with E-state index in [-0.39, 0.29) is 11.8 Å². The number of amides is 1. The zero-order chi connectivity index (χ0) is 20.4. The number of hydrogen-bond donors (Lipinski definition) is 2. The van der Waals surface area contributed by atoms with Gasteiger partial charge >= 0.3 is 0 Å². The van der Waals surface area contributed by atoms with Crippen molar-refractivity contribution in [3.05, 3.63) is 52.9 Å². The zero-order valence-corrected chi connectivity index (χ0v) is 17.4. The first-order chi connectivity index (χ1) is 14.0. The predicted molar refractivity (Wildman–Crippen MR) is 114 cm³/mol. The van der Waals surface area contributed by atoms with Crippen LogP contribution in [0.2, 0.25) is 5.15 Å². The van der Waals surface area contributed by atoms with Gasteiger partial charge in [-0.05, 0) is 50.1 Å². The van der Waals surface area contributed by atoms with E-state index in [1.807, 2.05) is 44.3 Å². The fraction of sp³-hybridized carbons (Fsp3) is 0.381. The molecule has 2 aromatic heterocycles. The predicted octanol–water partition coefficient (Wildman–Crippen LogP) is 3.62. The summed E-state index contributed by atoms with van der Waals surface area (Å²) in [6.45, 7) is 4.39. The van der Waals surface area contributed by atoms with Gasteiger partial charge in [0.1, 0.15) is 5.15 Å². The normalized spacial score (nSPS) is 17.4. The van der Waals surface area contributed by atoms with E-state index in [4.69, 9.17) is 11.6 Å². The van der Waals surface area contributed by atoms with E-state index in [0.717, 1.165) is 60.7 Å². The maximum absolute atomic E-state index is 12.8. The van der Waals surface area contributed by atoms with E-state index >= 15 is 0 Å². The fourth-order valence-electron chi connectivity index (χ4n) is 3.88. The first-order valence-corrected chi connectivity index (χ1v) is 10.2. The van der Waals surface area contributed by atoms with Gasteiger partial charge in [-0.25, -0.2) is 0 Å². The Labute approximate surface area is 175 Å². The number of anilines is 1. The molecule has 152 valence electrons. The standard InChI is InChI=1S/C21H25ClN6O/c1-14-18(20(22)27(2)26-14)13-28-11-3-4-16(12-28)21(29)24-17-7-5-15(6-8-17)19-9-10-23-25-19/h5-10,16H,3-4,11-13H2,1-2H3,(H,23,25)(H,24,29). The van der Waals surface area contributed by atoms with Crippen LogP contribution >= 0.6 is 11.6 Å². The molecule has 4 rings (SSSR count). The van der Waals surface area contributed by atoms with Crippen LogP contribution in [-0.4, -0.2) is 43.9 Å². The van der Waals surface area contributed by atoms with Crippen molar-refractivity contribution in [3.63, 3.8) is 0 Å². The number of aromatic nitrogens is 4. The van der Waals surface area contributed by atoms with Crippen molar-refractivity contribution in [2.75, 3.05) is 18.4 Å². The van der Waals surface area contributed by atoms with Crippen LogP contribution in [0.3, 0.4) is 0 Å². The van der Waals surface area contributed by atoms with Crippen LogP contribution in [0, 0.1) is 12.8 Å². The third kappa shape index (κ3) is 4.36. The van der Waals surface area contributed by atoms with E-state index in [0.29, 0.717) is 5.15 Å². The highest BCUT2D eigenvalue weighted by Crippen LogP contribution is 2.25. The molecular formula is C21H25ClN6O. The van der Waals surface area contributed by atoms with Crippen LogP contribution in [0.1, 0.15) is 24.1 Å². The van der Waals surface area contributed by atoms with E-state index in [9.17, 15) is 4.79 Å². The summed E-state index contributed by atoms with van der Waals surface area (Å²) < 4.78 is 1.70. The number of carbonyl (C=O) groups is 1. The number of H-pyrrole nitrogens is 1. The van der Waals surface area contributed by atoms with Gasteiger partial charge in [0.05, 0.1) is 17.3 Å². The molecule has 1 unspecified atom stereocenters. The van der Waals surface area contributed by atoms with Crippen molar-refractivity contribution in [1.29, 1.82) is 0 Å². The summed E-state index contributed by atoms with van der Waals surface area (Å²) in [5.41, 5.74) is 4.79. The number of hydrogen-bond acceptors (Lipinski definition) is 4. The van der Waals surface area contributed by atoms with Crippen LogP contribution in [0.25, 0.3) is 11.3 Å². The maximum atomic E-state index is 12.8. The molecule has 3 heterocycles. The molecule has 2 N–H and O–H groups in total. The first-order valence-electron chi connectivity index (χ1n) is 9.82. The molecule has 0 spiro atoms. The third-order valence-corrected chi connectivity index (χ3v) is 5.96. The lowest BCUT2D eigenvalue weighted by Crippen LogP contribution is -2.40. The molecular weight excluding hydrogens is 388 g/mol. The van der Waals surface area contributed by atoms with E-state index in [1.165, 1.54) is 0 Å². The topological polar surface area (TPSA) is 78.8 Å². The summed E-state index contributed by atoms with van der Waals surface area (Å²) in [7, 11) is 1.85. The molecule has 1 amide bonds. The molecule has 1 saturated heterocycles. The molecule has 7 nitrogen and oxygen atoms in total. The van der Waals surface area contributed by atoms with Crippen molar-refractivity contribution >= 4 is 23.2 Å². The minimum atomic E-state index is -0.0354. The minimum absolute atomic E-state index is 0.0354. The van der Waals surface area contributed by atoms with Gasteiger partial charge in [-0.2, -0.15) is 10.2 Å². The van der Waals surface area contributed by atoms with Gasteiger partial charge in [0.2, 0.25) is 5.91 Å². The maximum Gasteiger partial charge on any atom is 0.228 e. The Morgan fingerprint density at radius 1 is 1.31 bits per heavy atom. The van der Waals surface area contributed by atoms with E-state index in [2.05, 4.69) is 25.5 Å². The van der Waals surface area contributed by atoms with Gasteiger partial charge in [-0.3, -0.25) is 19.5 Å². The lowest BCUT2D eigenvalue weighted by Gasteiger charge is -2.32. The molecule has 1 atom stereocenters. The number of rotatable bonds is 5. The monoisotopic (exact) mass is 412 g/mol. The lowest BCUT2D eigenvalue weighted by molar-refractivity contribution is -0.121. The van der Waals surface area contributed by atoms with Crippen LogP contribution in [0.4, 0.5) is 5.69 Å². The molecule has 1 aromatic carbocycles. The van der Waals surface area contributed by atoms with Gasteiger partial charge in [0.25, 0.3) is 0 Å². The Bertz CT molecular complexity index is 980. The second-order valence-electron chi connectivity index (χ2n) is 7.59. The Hall–Kier alpha value is -2.64. The molecule has 0 bridgehead atoms. The summed E-state index contributed by atoms with van der Waals surface area (Å²) in [5.74, 6) is 0.0322. The van der Waals surface area contributed by atoms with Gasteiger partial charge in [-0.15, -0.1) is 0 Å². The number of halogens is 1. The molecule has 0 radical (unpaired) electrons.